The van der Waals surface area contributed by atoms with E-state index in [-0.39, 0.29) is 18.1 Å². The van der Waals surface area contributed by atoms with Gasteiger partial charge in [-0.15, -0.1) is 15.3 Å². The van der Waals surface area contributed by atoms with Crippen molar-refractivity contribution in [3.8, 4) is 28.6 Å². The topological polar surface area (TPSA) is 123 Å². The smallest absolute Gasteiger partial charge is 0.254 e. The number of hydroxylamine groups is 2. The van der Waals surface area contributed by atoms with Crippen molar-refractivity contribution in [2.45, 2.75) is 57.2 Å². The second kappa shape index (κ2) is 8.80. The Morgan fingerprint density at radius 2 is 2.05 bits per heavy atom. The van der Waals surface area contributed by atoms with Crippen LogP contribution in [0.1, 0.15) is 65.3 Å². The molecule has 0 radical (unpaired) electrons. The lowest BCUT2D eigenvalue weighted by Gasteiger charge is -2.44. The molecule has 4 aliphatic rings. The average molecular weight is 517 g/mol. The van der Waals surface area contributed by atoms with Crippen molar-refractivity contribution < 1.29 is 23.9 Å². The van der Waals surface area contributed by atoms with Gasteiger partial charge >= 0.3 is 0 Å². The van der Waals surface area contributed by atoms with Gasteiger partial charge < -0.3 is 19.2 Å². The van der Waals surface area contributed by atoms with Crippen LogP contribution in [0, 0.1) is 0 Å². The number of aromatic nitrogens is 4. The van der Waals surface area contributed by atoms with Gasteiger partial charge in [0.05, 0.1) is 25.1 Å². The van der Waals surface area contributed by atoms with E-state index in [1.54, 1.807) is 18.2 Å². The number of ether oxygens (including phenoxy) is 2. The van der Waals surface area contributed by atoms with Gasteiger partial charge in [-0.1, -0.05) is 0 Å². The number of H-pyrrole nitrogens is 1. The van der Waals surface area contributed by atoms with E-state index in [0.29, 0.717) is 79.1 Å². The summed E-state index contributed by atoms with van der Waals surface area (Å²) in [6.07, 6.45) is 3.71. The SMILES string of the molecule is CCOc1cc(C(=O)N2CCC3(CC2)CC(=O)c2cc(-c4nn[nH]n4)ccc2O3)cc2c1ON(C1CC1)C2. The van der Waals surface area contributed by atoms with E-state index in [1.165, 1.54) is 0 Å². The van der Waals surface area contributed by atoms with E-state index in [0.717, 1.165) is 24.2 Å². The Kier molecular flexibility index (Phi) is 5.36. The van der Waals surface area contributed by atoms with Crippen LogP contribution in [-0.4, -0.2) is 73.6 Å². The lowest BCUT2D eigenvalue weighted by Crippen LogP contribution is -2.52. The zero-order chi connectivity index (χ0) is 25.9. The Morgan fingerprint density at radius 3 is 2.79 bits per heavy atom. The number of hydrogen-bond acceptors (Lipinski definition) is 9. The van der Waals surface area contributed by atoms with Crippen LogP contribution in [-0.2, 0) is 6.54 Å². The van der Waals surface area contributed by atoms with Gasteiger partial charge in [-0.2, -0.15) is 5.21 Å². The molecule has 4 heterocycles. The molecule has 0 unspecified atom stereocenters. The van der Waals surface area contributed by atoms with E-state index in [9.17, 15) is 9.59 Å². The van der Waals surface area contributed by atoms with Crippen molar-refractivity contribution >= 4 is 11.7 Å². The standard InChI is InChI=1S/C27H28N6O5/c1-2-36-23-13-17(11-18-15-33(19-4-5-19)38-24(18)23)26(35)32-9-7-27(8-10-32)14-21(34)20-12-16(3-6-22(20)37-27)25-28-30-31-29-25/h3,6,11-13,19H,2,4-5,7-10,14-15H2,1H3,(H,28,29,30,31). The first kappa shape index (κ1) is 23.2. The molecule has 1 aromatic heterocycles. The first-order chi connectivity index (χ1) is 18.5. The molecule has 1 amide bonds. The average Bonchev–Trinajstić information content (AvgIpc) is 3.44. The molecule has 0 bridgehead atoms. The van der Waals surface area contributed by atoms with Gasteiger partial charge in [0.15, 0.2) is 17.3 Å². The molecule has 196 valence electrons. The zero-order valence-electron chi connectivity index (χ0n) is 21.1. The number of benzene rings is 2. The molecule has 11 heteroatoms. The molecule has 38 heavy (non-hydrogen) atoms. The highest BCUT2D eigenvalue weighted by molar-refractivity contribution is 6.01. The Hall–Kier alpha value is -3.99. The van der Waals surface area contributed by atoms with Crippen LogP contribution in [0.25, 0.3) is 11.4 Å². The fourth-order valence-corrected chi connectivity index (χ4v) is 5.65. The number of hydrogen-bond donors (Lipinski definition) is 1. The summed E-state index contributed by atoms with van der Waals surface area (Å²) < 4.78 is 12.3. The second-order valence-electron chi connectivity index (χ2n) is 10.4. The maximum absolute atomic E-state index is 13.6. The van der Waals surface area contributed by atoms with Crippen LogP contribution in [0.5, 0.6) is 17.2 Å². The molecule has 0 atom stereocenters. The van der Waals surface area contributed by atoms with Crippen LogP contribution in [0.2, 0.25) is 0 Å². The highest BCUT2D eigenvalue weighted by Gasteiger charge is 2.44. The Labute approximate surface area is 219 Å². The highest BCUT2D eigenvalue weighted by atomic mass is 16.7. The first-order valence-electron chi connectivity index (χ1n) is 13.2. The van der Waals surface area contributed by atoms with Crippen molar-refractivity contribution in [2.24, 2.45) is 0 Å². The summed E-state index contributed by atoms with van der Waals surface area (Å²) in [6, 6.07) is 9.56. The van der Waals surface area contributed by atoms with Crippen molar-refractivity contribution in [2.75, 3.05) is 19.7 Å². The number of rotatable bonds is 5. The minimum absolute atomic E-state index is 0.0246. The number of piperidine rings is 1. The van der Waals surface area contributed by atoms with Crippen LogP contribution >= 0.6 is 0 Å². The highest BCUT2D eigenvalue weighted by Crippen LogP contribution is 2.44. The molecule has 2 aromatic carbocycles. The Balaban J connectivity index is 1.07. The van der Waals surface area contributed by atoms with Gasteiger partial charge in [0.2, 0.25) is 5.82 Å². The fourth-order valence-electron chi connectivity index (χ4n) is 5.65. The number of tetrazole rings is 1. The minimum Gasteiger partial charge on any atom is -0.490 e. The summed E-state index contributed by atoms with van der Waals surface area (Å²) in [4.78, 5) is 34.6. The molecule has 3 aromatic rings. The maximum Gasteiger partial charge on any atom is 0.254 e. The summed E-state index contributed by atoms with van der Waals surface area (Å²) >= 11 is 0. The summed E-state index contributed by atoms with van der Waals surface area (Å²) in [5.74, 6) is 2.32. The number of nitrogens with one attached hydrogen (secondary N) is 1. The molecule has 7 rings (SSSR count). The van der Waals surface area contributed by atoms with E-state index < -0.39 is 5.60 Å². The quantitative estimate of drug-likeness (QED) is 0.545. The summed E-state index contributed by atoms with van der Waals surface area (Å²) in [5, 5.41) is 16.0. The van der Waals surface area contributed by atoms with E-state index >= 15 is 0 Å². The molecule has 1 saturated carbocycles. The number of Topliss-reactive ketones (excluding diaryl/α,β-unsaturated/α-hetero) is 1. The number of carbonyl (C=O) groups excluding carboxylic acids is 2. The van der Waals surface area contributed by atoms with E-state index in [4.69, 9.17) is 14.3 Å². The predicted octanol–water partition coefficient (Wildman–Crippen LogP) is 3.18. The van der Waals surface area contributed by atoms with Gasteiger partial charge in [-0.25, -0.2) is 0 Å². The van der Waals surface area contributed by atoms with Crippen LogP contribution in [0.15, 0.2) is 30.3 Å². The predicted molar refractivity (Wildman–Crippen MR) is 134 cm³/mol. The van der Waals surface area contributed by atoms with E-state index in [2.05, 4.69) is 20.6 Å². The number of carbonyl (C=O) groups is 2. The zero-order valence-corrected chi connectivity index (χ0v) is 21.1. The molecule has 1 spiro atoms. The second-order valence-corrected chi connectivity index (χ2v) is 10.4. The van der Waals surface area contributed by atoms with Crippen LogP contribution in [0.3, 0.4) is 0 Å². The van der Waals surface area contributed by atoms with Crippen molar-refractivity contribution in [3.05, 3.63) is 47.0 Å². The van der Waals surface area contributed by atoms with Crippen molar-refractivity contribution in [1.82, 2.24) is 30.6 Å². The Morgan fingerprint density at radius 1 is 1.21 bits per heavy atom. The molecule has 1 aliphatic carbocycles. The van der Waals surface area contributed by atoms with Gasteiger partial charge in [-0.3, -0.25) is 9.59 Å². The lowest BCUT2D eigenvalue weighted by atomic mass is 9.82. The molecule has 1 saturated heterocycles. The molecule has 1 N–H and O–H groups in total. The van der Waals surface area contributed by atoms with Gasteiger partial charge in [0.1, 0.15) is 11.4 Å². The molecule has 2 fully saturated rings. The number of amides is 1. The normalized spacial score (nSPS) is 20.0. The van der Waals surface area contributed by atoms with Gasteiger partial charge in [0, 0.05) is 48.7 Å². The number of ketones is 1. The summed E-state index contributed by atoms with van der Waals surface area (Å²) in [7, 11) is 0. The largest absolute Gasteiger partial charge is 0.490 e. The maximum atomic E-state index is 13.6. The molecule has 11 nitrogen and oxygen atoms in total. The monoisotopic (exact) mass is 516 g/mol. The molecular formula is C27H28N6O5. The molecule has 3 aliphatic heterocycles. The van der Waals surface area contributed by atoms with E-state index in [1.807, 2.05) is 29.0 Å². The number of aromatic amines is 1. The number of nitrogens with zero attached hydrogens (tertiary/aromatic N) is 5. The first-order valence-corrected chi connectivity index (χ1v) is 13.2. The number of likely N-dealkylation sites (tertiary alicyclic amines) is 1. The summed E-state index contributed by atoms with van der Waals surface area (Å²) in [6.45, 7) is 4.09. The van der Waals surface area contributed by atoms with Crippen LogP contribution in [0.4, 0.5) is 0 Å². The van der Waals surface area contributed by atoms with Gasteiger partial charge in [0.25, 0.3) is 5.91 Å². The number of fused-ring (bicyclic) bond motifs is 2. The van der Waals surface area contributed by atoms with Crippen molar-refractivity contribution in [3.63, 3.8) is 0 Å². The van der Waals surface area contributed by atoms with Crippen LogP contribution < -0.4 is 14.3 Å². The molecular weight excluding hydrogens is 488 g/mol. The fraction of sp³-hybridized carbons (Fsp3) is 0.444. The third-order valence-electron chi connectivity index (χ3n) is 7.82. The van der Waals surface area contributed by atoms with Gasteiger partial charge in [-0.05, 0) is 55.3 Å². The van der Waals surface area contributed by atoms with Crippen molar-refractivity contribution in [1.29, 1.82) is 0 Å². The third-order valence-corrected chi connectivity index (χ3v) is 7.82. The Bertz CT molecular complexity index is 1410. The lowest BCUT2D eigenvalue weighted by molar-refractivity contribution is -0.0531. The third kappa shape index (κ3) is 3.97. The minimum atomic E-state index is -0.610. The summed E-state index contributed by atoms with van der Waals surface area (Å²) in [5.41, 5.74) is 2.21.